The van der Waals surface area contributed by atoms with Crippen LogP contribution in [0.4, 0.5) is 0 Å². The van der Waals surface area contributed by atoms with Crippen molar-refractivity contribution < 1.29 is 4.79 Å². The van der Waals surface area contributed by atoms with Crippen molar-refractivity contribution in [2.24, 2.45) is 5.41 Å². The summed E-state index contributed by atoms with van der Waals surface area (Å²) in [7, 11) is 0. The molecule has 6 nitrogen and oxygen atoms in total. The zero-order valence-corrected chi connectivity index (χ0v) is 16.3. The van der Waals surface area contributed by atoms with Crippen LogP contribution in [0, 0.1) is 19.3 Å². The Morgan fingerprint density at radius 1 is 1.27 bits per heavy atom. The second-order valence-corrected chi connectivity index (χ2v) is 8.99. The van der Waals surface area contributed by atoms with Gasteiger partial charge in [-0.2, -0.15) is 0 Å². The molecule has 4 rings (SSSR count). The Kier molecular flexibility index (Phi) is 4.61. The number of nitrogens with zero attached hydrogens (tertiary/aromatic N) is 2. The van der Waals surface area contributed by atoms with Gasteiger partial charge in [-0.15, -0.1) is 11.3 Å². The number of thiophene rings is 1. The first-order chi connectivity index (χ1) is 12.5. The fourth-order valence-corrected chi connectivity index (χ4v) is 5.30. The van der Waals surface area contributed by atoms with E-state index in [1.54, 1.807) is 11.3 Å². The van der Waals surface area contributed by atoms with Crippen molar-refractivity contribution >= 4 is 27.5 Å². The van der Waals surface area contributed by atoms with E-state index in [0.29, 0.717) is 29.5 Å². The number of carbonyl (C=O) groups is 1. The van der Waals surface area contributed by atoms with Crippen LogP contribution < -0.4 is 10.9 Å². The van der Waals surface area contributed by atoms with Gasteiger partial charge in [0.2, 0.25) is 5.91 Å². The van der Waals surface area contributed by atoms with Crippen molar-refractivity contribution in [3.05, 3.63) is 26.6 Å². The number of aromatic amines is 1. The van der Waals surface area contributed by atoms with Crippen LogP contribution in [0.15, 0.2) is 4.79 Å². The van der Waals surface area contributed by atoms with E-state index < -0.39 is 0 Å². The van der Waals surface area contributed by atoms with E-state index >= 15 is 0 Å². The molecule has 2 fully saturated rings. The van der Waals surface area contributed by atoms with Gasteiger partial charge >= 0.3 is 0 Å². The maximum atomic E-state index is 12.6. The van der Waals surface area contributed by atoms with Gasteiger partial charge in [0.1, 0.15) is 10.7 Å². The van der Waals surface area contributed by atoms with Crippen molar-refractivity contribution in [2.75, 3.05) is 26.2 Å². The summed E-state index contributed by atoms with van der Waals surface area (Å²) in [4.78, 5) is 36.2. The first-order valence-corrected chi connectivity index (χ1v) is 10.3. The Hall–Kier alpha value is -1.73. The molecule has 0 radical (unpaired) electrons. The third-order valence-corrected chi connectivity index (χ3v) is 7.27. The molecular formula is C19H26N4O2S. The lowest BCUT2D eigenvalue weighted by molar-refractivity contribution is -0.133. The Morgan fingerprint density at radius 3 is 2.73 bits per heavy atom. The number of nitrogens with one attached hydrogen (secondary N) is 2. The number of aryl methyl sites for hydroxylation is 3. The van der Waals surface area contributed by atoms with Crippen molar-refractivity contribution in [3.8, 4) is 0 Å². The number of hydrogen-bond donors (Lipinski definition) is 2. The highest BCUT2D eigenvalue weighted by Gasteiger charge is 2.37. The van der Waals surface area contributed by atoms with Crippen molar-refractivity contribution in [1.29, 1.82) is 0 Å². The van der Waals surface area contributed by atoms with Gasteiger partial charge in [-0.3, -0.25) is 9.59 Å². The first kappa shape index (κ1) is 17.7. The number of H-pyrrole nitrogens is 1. The highest BCUT2D eigenvalue weighted by molar-refractivity contribution is 7.18. The standard InChI is InChI=1S/C19H26N4O2S/c1-12-13(2)26-18-16(12)17(25)21-14(22-18)3-4-15(24)23-9-6-19(7-10-23)5-8-20-11-19/h20H,3-11H2,1-2H3,(H,21,22,25). The number of hydrogen-bond acceptors (Lipinski definition) is 5. The van der Waals surface area contributed by atoms with Crippen LogP contribution in [0.1, 0.15) is 41.9 Å². The van der Waals surface area contributed by atoms with Gasteiger partial charge in [0.05, 0.1) is 5.39 Å². The van der Waals surface area contributed by atoms with Gasteiger partial charge in [-0.25, -0.2) is 4.98 Å². The minimum absolute atomic E-state index is 0.0899. The van der Waals surface area contributed by atoms with Gasteiger partial charge in [-0.05, 0) is 50.6 Å². The van der Waals surface area contributed by atoms with Crippen LogP contribution in [-0.4, -0.2) is 47.0 Å². The molecule has 0 atom stereocenters. The van der Waals surface area contributed by atoms with Gasteiger partial charge in [0.25, 0.3) is 5.56 Å². The molecule has 4 heterocycles. The van der Waals surface area contributed by atoms with E-state index in [1.165, 1.54) is 6.42 Å². The van der Waals surface area contributed by atoms with E-state index in [9.17, 15) is 9.59 Å². The van der Waals surface area contributed by atoms with Crippen LogP contribution in [0.25, 0.3) is 10.2 Å². The minimum atomic E-state index is -0.0899. The number of likely N-dealkylation sites (tertiary alicyclic amines) is 1. The SMILES string of the molecule is Cc1sc2nc(CCC(=O)N3CCC4(CCNC4)CC3)[nH]c(=O)c2c1C. The van der Waals surface area contributed by atoms with Gasteiger partial charge in [0, 0.05) is 37.4 Å². The lowest BCUT2D eigenvalue weighted by atomic mass is 9.78. The van der Waals surface area contributed by atoms with Gasteiger partial charge < -0.3 is 15.2 Å². The summed E-state index contributed by atoms with van der Waals surface area (Å²) in [6.45, 7) is 7.88. The van der Waals surface area contributed by atoms with E-state index in [2.05, 4.69) is 15.3 Å². The van der Waals surface area contributed by atoms with Crippen LogP contribution in [-0.2, 0) is 11.2 Å². The summed E-state index contributed by atoms with van der Waals surface area (Å²) in [5, 5.41) is 4.14. The molecule has 1 spiro atoms. The molecule has 2 aliphatic heterocycles. The number of rotatable bonds is 3. The smallest absolute Gasteiger partial charge is 0.259 e. The number of carbonyl (C=O) groups excluding carboxylic acids is 1. The van der Waals surface area contributed by atoms with Crippen LogP contribution in [0.3, 0.4) is 0 Å². The summed E-state index contributed by atoms with van der Waals surface area (Å²) < 4.78 is 0. The maximum Gasteiger partial charge on any atom is 0.259 e. The molecule has 0 unspecified atom stereocenters. The number of piperidine rings is 1. The third-order valence-electron chi connectivity index (χ3n) is 6.17. The summed E-state index contributed by atoms with van der Waals surface area (Å²) in [5.74, 6) is 0.790. The largest absolute Gasteiger partial charge is 0.343 e. The van der Waals surface area contributed by atoms with E-state index in [0.717, 1.165) is 54.3 Å². The van der Waals surface area contributed by atoms with E-state index in [1.807, 2.05) is 18.7 Å². The zero-order valence-electron chi connectivity index (χ0n) is 15.5. The van der Waals surface area contributed by atoms with Crippen molar-refractivity contribution in [2.45, 2.75) is 46.0 Å². The second-order valence-electron chi connectivity index (χ2n) is 7.78. The number of amides is 1. The summed E-state index contributed by atoms with van der Waals surface area (Å²) in [6.07, 6.45) is 4.33. The van der Waals surface area contributed by atoms with Crippen molar-refractivity contribution in [1.82, 2.24) is 20.2 Å². The molecule has 0 aliphatic carbocycles. The molecule has 140 valence electrons. The molecule has 2 aromatic rings. The predicted molar refractivity (Wildman–Crippen MR) is 104 cm³/mol. The summed E-state index contributed by atoms with van der Waals surface area (Å²) in [6, 6.07) is 0. The van der Waals surface area contributed by atoms with E-state index in [4.69, 9.17) is 0 Å². The number of aromatic nitrogens is 2. The molecule has 1 amide bonds. The molecule has 2 aliphatic rings. The maximum absolute atomic E-state index is 12.6. The highest BCUT2D eigenvalue weighted by Crippen LogP contribution is 2.37. The minimum Gasteiger partial charge on any atom is -0.343 e. The molecule has 0 saturated carbocycles. The Bertz CT molecular complexity index is 885. The Labute approximate surface area is 157 Å². The topological polar surface area (TPSA) is 78.1 Å². The van der Waals surface area contributed by atoms with Crippen LogP contribution >= 0.6 is 11.3 Å². The average Bonchev–Trinajstić information content (AvgIpc) is 3.18. The van der Waals surface area contributed by atoms with Gasteiger partial charge in [0.15, 0.2) is 0 Å². The van der Waals surface area contributed by atoms with Crippen molar-refractivity contribution in [3.63, 3.8) is 0 Å². The van der Waals surface area contributed by atoms with E-state index in [-0.39, 0.29) is 11.5 Å². The zero-order chi connectivity index (χ0) is 18.3. The summed E-state index contributed by atoms with van der Waals surface area (Å²) >= 11 is 1.55. The van der Waals surface area contributed by atoms with Crippen LogP contribution in [0.2, 0.25) is 0 Å². The highest BCUT2D eigenvalue weighted by atomic mass is 32.1. The summed E-state index contributed by atoms with van der Waals surface area (Å²) in [5.41, 5.74) is 1.33. The number of fused-ring (bicyclic) bond motifs is 1. The van der Waals surface area contributed by atoms with Crippen LogP contribution in [0.5, 0.6) is 0 Å². The first-order valence-electron chi connectivity index (χ1n) is 9.45. The lowest BCUT2D eigenvalue weighted by Gasteiger charge is -2.39. The molecular weight excluding hydrogens is 348 g/mol. The molecule has 0 bridgehead atoms. The molecule has 2 N–H and O–H groups in total. The molecule has 2 saturated heterocycles. The lowest BCUT2D eigenvalue weighted by Crippen LogP contribution is -2.44. The van der Waals surface area contributed by atoms with Gasteiger partial charge in [-0.1, -0.05) is 0 Å². The normalized spacial score (nSPS) is 19.5. The second kappa shape index (κ2) is 6.78. The Morgan fingerprint density at radius 2 is 2.04 bits per heavy atom. The Balaban J connectivity index is 1.39. The molecule has 7 heteroatoms. The predicted octanol–water partition coefficient (Wildman–Crippen LogP) is 2.14. The monoisotopic (exact) mass is 374 g/mol. The molecule has 26 heavy (non-hydrogen) atoms. The fourth-order valence-electron chi connectivity index (χ4n) is 4.25. The fraction of sp³-hybridized carbons (Fsp3) is 0.632. The molecule has 2 aromatic heterocycles. The third kappa shape index (κ3) is 3.18. The average molecular weight is 375 g/mol. The quantitative estimate of drug-likeness (QED) is 0.863. The molecule has 0 aromatic carbocycles.